The van der Waals surface area contributed by atoms with Gasteiger partial charge in [-0.3, -0.25) is 15.4 Å². The quantitative estimate of drug-likeness (QED) is 0.775. The normalized spacial score (nSPS) is 12.0. The molecule has 1 atom stereocenters. The van der Waals surface area contributed by atoms with E-state index in [1.807, 2.05) is 0 Å². The smallest absolute Gasteiger partial charge is 0.328 e. The molecule has 1 heterocycles. The third-order valence-corrected chi connectivity index (χ3v) is 2.18. The van der Waals surface area contributed by atoms with Crippen molar-refractivity contribution < 1.29 is 14.1 Å². The summed E-state index contributed by atoms with van der Waals surface area (Å²) >= 11 is 5.48. The topological polar surface area (TPSA) is 84.2 Å². The van der Waals surface area contributed by atoms with Gasteiger partial charge in [-0.2, -0.15) is 0 Å². The average molecular weight is 246 g/mol. The van der Waals surface area contributed by atoms with Gasteiger partial charge in [0.05, 0.1) is 5.69 Å². The van der Waals surface area contributed by atoms with Crippen molar-refractivity contribution in [3.63, 3.8) is 0 Å². The van der Waals surface area contributed by atoms with Gasteiger partial charge in [0.2, 0.25) is 11.8 Å². The third kappa shape index (κ3) is 2.96. The van der Waals surface area contributed by atoms with Crippen LogP contribution in [-0.2, 0) is 4.79 Å². The second-order valence-electron chi connectivity index (χ2n) is 3.28. The standard InChI is InChI=1S/C9H12ClN3O3/c1-4-6(3)13-16-8(4)12-9(15)11-7(14)5(2)10/h5H,1-3H3,(H2,11,12,14,15). The van der Waals surface area contributed by atoms with Crippen molar-refractivity contribution in [3.8, 4) is 0 Å². The number of anilines is 1. The van der Waals surface area contributed by atoms with E-state index in [9.17, 15) is 9.59 Å². The number of amides is 3. The maximum absolute atomic E-state index is 11.3. The number of aryl methyl sites for hydroxylation is 1. The molecule has 6 nitrogen and oxygen atoms in total. The summed E-state index contributed by atoms with van der Waals surface area (Å²) in [4.78, 5) is 22.4. The Hall–Kier alpha value is -1.56. The first-order valence-electron chi connectivity index (χ1n) is 4.60. The number of halogens is 1. The van der Waals surface area contributed by atoms with Crippen molar-refractivity contribution in [2.45, 2.75) is 26.1 Å². The summed E-state index contributed by atoms with van der Waals surface area (Å²) in [5, 5.41) is 7.29. The highest BCUT2D eigenvalue weighted by atomic mass is 35.5. The largest absolute Gasteiger partial charge is 0.338 e. The van der Waals surface area contributed by atoms with Crippen LogP contribution in [0.2, 0.25) is 0 Å². The zero-order valence-electron chi connectivity index (χ0n) is 9.13. The summed E-state index contributed by atoms with van der Waals surface area (Å²) < 4.78 is 4.84. The molecule has 0 bridgehead atoms. The van der Waals surface area contributed by atoms with Gasteiger partial charge in [-0.05, 0) is 20.8 Å². The highest BCUT2D eigenvalue weighted by molar-refractivity contribution is 6.31. The highest BCUT2D eigenvalue weighted by Crippen LogP contribution is 2.16. The first kappa shape index (κ1) is 12.5. The molecule has 16 heavy (non-hydrogen) atoms. The van der Waals surface area contributed by atoms with Crippen LogP contribution in [0.4, 0.5) is 10.7 Å². The molecule has 0 fully saturated rings. The Bertz CT molecular complexity index is 414. The monoisotopic (exact) mass is 245 g/mol. The van der Waals surface area contributed by atoms with Crippen LogP contribution in [0.1, 0.15) is 18.2 Å². The lowest BCUT2D eigenvalue weighted by Crippen LogP contribution is -2.38. The van der Waals surface area contributed by atoms with E-state index in [0.717, 1.165) is 0 Å². The number of rotatable bonds is 2. The molecule has 0 radical (unpaired) electrons. The Labute approximate surface area is 97.3 Å². The lowest BCUT2D eigenvalue weighted by Gasteiger charge is -2.05. The Balaban J connectivity index is 2.59. The van der Waals surface area contributed by atoms with E-state index in [0.29, 0.717) is 11.3 Å². The molecule has 0 aromatic carbocycles. The summed E-state index contributed by atoms with van der Waals surface area (Å²) in [5.74, 6) is -0.363. The van der Waals surface area contributed by atoms with Gasteiger partial charge >= 0.3 is 6.03 Å². The summed E-state index contributed by atoms with van der Waals surface area (Å²) in [6.07, 6.45) is 0. The van der Waals surface area contributed by atoms with Gasteiger partial charge in [-0.15, -0.1) is 11.6 Å². The molecule has 0 spiro atoms. The van der Waals surface area contributed by atoms with E-state index >= 15 is 0 Å². The maximum atomic E-state index is 11.3. The molecule has 0 aliphatic rings. The average Bonchev–Trinajstić information content (AvgIpc) is 2.49. The summed E-state index contributed by atoms with van der Waals surface area (Å²) in [5.41, 5.74) is 1.38. The lowest BCUT2D eigenvalue weighted by atomic mass is 10.3. The van der Waals surface area contributed by atoms with E-state index < -0.39 is 17.3 Å². The van der Waals surface area contributed by atoms with Crippen molar-refractivity contribution in [3.05, 3.63) is 11.3 Å². The van der Waals surface area contributed by atoms with Gasteiger partial charge < -0.3 is 4.52 Å². The van der Waals surface area contributed by atoms with E-state index in [1.165, 1.54) is 6.92 Å². The number of aromatic nitrogens is 1. The first-order valence-corrected chi connectivity index (χ1v) is 5.04. The van der Waals surface area contributed by atoms with E-state index in [1.54, 1.807) is 13.8 Å². The van der Waals surface area contributed by atoms with Crippen LogP contribution >= 0.6 is 11.6 Å². The predicted molar refractivity (Wildman–Crippen MR) is 58.5 cm³/mol. The zero-order valence-corrected chi connectivity index (χ0v) is 9.88. The molecule has 1 aromatic heterocycles. The maximum Gasteiger partial charge on any atom is 0.328 e. The number of alkyl halides is 1. The van der Waals surface area contributed by atoms with Crippen LogP contribution in [0, 0.1) is 13.8 Å². The number of imide groups is 1. The molecule has 3 amide bonds. The lowest BCUT2D eigenvalue weighted by molar-refractivity contribution is -0.119. The van der Waals surface area contributed by atoms with Crippen LogP contribution < -0.4 is 10.6 Å². The number of hydrogen-bond donors (Lipinski definition) is 2. The number of nitrogens with zero attached hydrogens (tertiary/aromatic N) is 1. The Kier molecular flexibility index (Phi) is 3.89. The fourth-order valence-electron chi connectivity index (χ4n) is 0.878. The fourth-order valence-corrected chi connectivity index (χ4v) is 0.932. The summed E-state index contributed by atoms with van der Waals surface area (Å²) in [6, 6.07) is -0.697. The number of carbonyl (C=O) groups excluding carboxylic acids is 2. The highest BCUT2D eigenvalue weighted by Gasteiger charge is 2.16. The second-order valence-corrected chi connectivity index (χ2v) is 3.94. The molecule has 0 aliphatic carbocycles. The minimum atomic E-state index is -0.775. The number of urea groups is 1. The van der Waals surface area contributed by atoms with Gasteiger partial charge in [-0.25, -0.2) is 4.79 Å². The second kappa shape index (κ2) is 4.98. The third-order valence-electron chi connectivity index (χ3n) is 1.98. The minimum absolute atomic E-state index is 0.213. The SMILES string of the molecule is Cc1noc(NC(=O)NC(=O)C(C)Cl)c1C. The summed E-state index contributed by atoms with van der Waals surface area (Å²) in [6.45, 7) is 4.95. The molecule has 7 heteroatoms. The molecule has 2 N–H and O–H groups in total. The van der Waals surface area contributed by atoms with Gasteiger partial charge in [-0.1, -0.05) is 5.16 Å². The summed E-state index contributed by atoms with van der Waals surface area (Å²) in [7, 11) is 0. The molecular formula is C9H12ClN3O3. The fraction of sp³-hybridized carbons (Fsp3) is 0.444. The minimum Gasteiger partial charge on any atom is -0.338 e. The van der Waals surface area contributed by atoms with E-state index in [-0.39, 0.29) is 5.88 Å². The molecule has 1 rings (SSSR count). The van der Waals surface area contributed by atoms with Crippen LogP contribution in [0.3, 0.4) is 0 Å². The van der Waals surface area contributed by atoms with Crippen LogP contribution in [0.15, 0.2) is 4.52 Å². The predicted octanol–water partition coefficient (Wildman–Crippen LogP) is 1.57. The Morgan fingerprint density at radius 2 is 2.06 bits per heavy atom. The van der Waals surface area contributed by atoms with Gasteiger partial charge in [0, 0.05) is 5.56 Å². The van der Waals surface area contributed by atoms with Crippen molar-refractivity contribution >= 4 is 29.4 Å². The number of hydrogen-bond acceptors (Lipinski definition) is 4. The Morgan fingerprint density at radius 1 is 1.44 bits per heavy atom. The molecule has 1 aromatic rings. The van der Waals surface area contributed by atoms with Gasteiger partial charge in [0.25, 0.3) is 0 Å². The van der Waals surface area contributed by atoms with Crippen molar-refractivity contribution in [1.29, 1.82) is 0 Å². The van der Waals surface area contributed by atoms with Crippen molar-refractivity contribution in [1.82, 2.24) is 10.5 Å². The molecule has 0 saturated heterocycles. The van der Waals surface area contributed by atoms with Crippen LogP contribution in [-0.4, -0.2) is 22.5 Å². The van der Waals surface area contributed by atoms with E-state index in [4.69, 9.17) is 16.1 Å². The van der Waals surface area contributed by atoms with E-state index in [2.05, 4.69) is 15.8 Å². The molecule has 0 saturated carbocycles. The molecule has 0 aliphatic heterocycles. The molecule has 1 unspecified atom stereocenters. The van der Waals surface area contributed by atoms with Crippen molar-refractivity contribution in [2.24, 2.45) is 0 Å². The van der Waals surface area contributed by atoms with Gasteiger partial charge in [0.15, 0.2) is 0 Å². The van der Waals surface area contributed by atoms with Crippen LogP contribution in [0.25, 0.3) is 0 Å². The zero-order chi connectivity index (χ0) is 12.3. The molecule has 88 valence electrons. The Morgan fingerprint density at radius 3 is 2.50 bits per heavy atom. The first-order chi connectivity index (χ1) is 7.41. The number of nitrogens with one attached hydrogen (secondary N) is 2. The molecular weight excluding hydrogens is 234 g/mol. The van der Waals surface area contributed by atoms with Crippen LogP contribution in [0.5, 0.6) is 0 Å². The number of carbonyl (C=O) groups is 2. The van der Waals surface area contributed by atoms with Crippen molar-refractivity contribution in [2.75, 3.05) is 5.32 Å². The van der Waals surface area contributed by atoms with Gasteiger partial charge in [0.1, 0.15) is 5.38 Å².